The molecule has 0 aromatic carbocycles. The highest BCUT2D eigenvalue weighted by Crippen LogP contribution is 2.52. The molecule has 2 fully saturated rings. The number of Topliss-reactive ketones (excluding diaryl/α,β-unsaturated/α-hetero) is 1. The molecule has 2 saturated carbocycles. The lowest BCUT2D eigenvalue weighted by Gasteiger charge is -2.28. The second-order valence-electron chi connectivity index (χ2n) is 5.20. The number of carbonyl (C=O) groups excluding carboxylic acids is 1. The number of hydrogen-bond donors (Lipinski definition) is 0. The van der Waals surface area contributed by atoms with Gasteiger partial charge in [-0.3, -0.25) is 4.79 Å². The van der Waals surface area contributed by atoms with Gasteiger partial charge in [0.1, 0.15) is 0 Å². The quantitative estimate of drug-likeness (QED) is 0.701. The monoisotopic (exact) mass is 274 g/mol. The van der Waals surface area contributed by atoms with Gasteiger partial charge in [0.25, 0.3) is 0 Å². The van der Waals surface area contributed by atoms with Crippen molar-refractivity contribution in [1.82, 2.24) is 0 Å². The summed E-state index contributed by atoms with van der Waals surface area (Å²) in [4.78, 5) is 11.6. The van der Waals surface area contributed by atoms with Gasteiger partial charge in [0, 0.05) is 5.92 Å². The van der Waals surface area contributed by atoms with Gasteiger partial charge in [-0.1, -0.05) is 6.42 Å². The van der Waals surface area contributed by atoms with Crippen LogP contribution in [-0.2, 0) is 4.79 Å². The molecule has 3 unspecified atom stereocenters. The van der Waals surface area contributed by atoms with E-state index < -0.39 is 30.0 Å². The fraction of sp³-hybridized carbons (Fsp3) is 0.909. The fourth-order valence-corrected chi connectivity index (χ4v) is 3.32. The van der Waals surface area contributed by atoms with Crippen LogP contribution in [0, 0.1) is 23.7 Å². The van der Waals surface area contributed by atoms with Crippen LogP contribution in [0.25, 0.3) is 0 Å². The molecule has 0 radical (unpaired) electrons. The van der Waals surface area contributed by atoms with Gasteiger partial charge in [-0.15, -0.1) is 0 Å². The summed E-state index contributed by atoms with van der Waals surface area (Å²) in [5.41, 5.74) is 0. The average molecular weight is 274 g/mol. The topological polar surface area (TPSA) is 17.1 Å². The van der Waals surface area contributed by atoms with Crippen LogP contribution >= 0.6 is 0 Å². The van der Waals surface area contributed by atoms with Crippen molar-refractivity contribution >= 4 is 5.78 Å². The van der Waals surface area contributed by atoms with Crippen LogP contribution in [-0.4, -0.2) is 18.1 Å². The van der Waals surface area contributed by atoms with Crippen molar-refractivity contribution in [3.8, 4) is 0 Å². The van der Waals surface area contributed by atoms with E-state index in [-0.39, 0.29) is 18.3 Å². The predicted molar refractivity (Wildman–Crippen MR) is 49.5 cm³/mol. The molecule has 18 heavy (non-hydrogen) atoms. The maximum atomic E-state index is 12.4. The Balaban J connectivity index is 2.19. The first kappa shape index (κ1) is 13.7. The molecule has 0 saturated heterocycles. The molecule has 2 bridgehead atoms. The zero-order chi connectivity index (χ0) is 13.7. The molecular weight excluding hydrogens is 262 g/mol. The largest absolute Gasteiger partial charge is 0.407 e. The highest BCUT2D eigenvalue weighted by atomic mass is 19.4. The van der Waals surface area contributed by atoms with Crippen molar-refractivity contribution in [2.24, 2.45) is 23.7 Å². The number of alkyl halides is 6. The molecule has 2 rings (SSSR count). The standard InChI is InChI=1S/C11H12F6O/c12-10(13,14)9(11(15,16)17)8(18)7-4-5-1-2-6(7)3-5/h5-7,9H,1-4H2. The molecule has 104 valence electrons. The highest BCUT2D eigenvalue weighted by Gasteiger charge is 2.63. The fourth-order valence-electron chi connectivity index (χ4n) is 3.32. The van der Waals surface area contributed by atoms with E-state index in [9.17, 15) is 31.1 Å². The average Bonchev–Trinajstić information content (AvgIpc) is 2.72. The Morgan fingerprint density at radius 3 is 1.83 bits per heavy atom. The molecule has 0 spiro atoms. The van der Waals surface area contributed by atoms with Crippen LogP contribution in [0.1, 0.15) is 25.7 Å². The van der Waals surface area contributed by atoms with Gasteiger partial charge in [0.2, 0.25) is 5.92 Å². The van der Waals surface area contributed by atoms with Crippen molar-refractivity contribution < 1.29 is 31.1 Å². The van der Waals surface area contributed by atoms with Gasteiger partial charge in [0.05, 0.1) is 0 Å². The van der Waals surface area contributed by atoms with Crippen molar-refractivity contribution in [2.75, 3.05) is 0 Å². The molecule has 2 aliphatic carbocycles. The molecule has 0 aromatic heterocycles. The van der Waals surface area contributed by atoms with E-state index >= 15 is 0 Å². The first-order chi connectivity index (χ1) is 8.10. The van der Waals surface area contributed by atoms with Crippen molar-refractivity contribution in [1.29, 1.82) is 0 Å². The molecule has 2 aliphatic rings. The first-order valence-electron chi connectivity index (χ1n) is 5.78. The minimum Gasteiger partial charge on any atom is -0.298 e. The number of halogens is 6. The number of fused-ring (bicyclic) bond motifs is 2. The Morgan fingerprint density at radius 1 is 0.944 bits per heavy atom. The van der Waals surface area contributed by atoms with Crippen molar-refractivity contribution in [3.05, 3.63) is 0 Å². The normalized spacial score (nSPS) is 32.3. The molecule has 0 aromatic rings. The maximum absolute atomic E-state index is 12.4. The zero-order valence-corrected chi connectivity index (χ0v) is 9.31. The summed E-state index contributed by atoms with van der Waals surface area (Å²) in [5.74, 6) is -6.70. The van der Waals surface area contributed by atoms with E-state index in [4.69, 9.17) is 0 Å². The molecule has 0 amide bonds. The van der Waals surface area contributed by atoms with Crippen LogP contribution in [0.5, 0.6) is 0 Å². The third-order valence-electron chi connectivity index (χ3n) is 4.04. The smallest absolute Gasteiger partial charge is 0.298 e. The van der Waals surface area contributed by atoms with E-state index in [1.54, 1.807) is 0 Å². The Bertz CT molecular complexity index is 330. The summed E-state index contributed by atoms with van der Waals surface area (Å²) < 4.78 is 74.5. The van der Waals surface area contributed by atoms with Crippen LogP contribution in [0.3, 0.4) is 0 Å². The minimum atomic E-state index is -5.54. The summed E-state index contributed by atoms with van der Waals surface area (Å²) in [5, 5.41) is 0. The Hall–Kier alpha value is -0.750. The molecule has 3 atom stereocenters. The van der Waals surface area contributed by atoms with Gasteiger partial charge in [-0.05, 0) is 31.1 Å². The number of hydrogen-bond acceptors (Lipinski definition) is 1. The Labute approximate surface area is 99.5 Å². The van der Waals surface area contributed by atoms with Crippen LogP contribution < -0.4 is 0 Å². The van der Waals surface area contributed by atoms with Gasteiger partial charge >= 0.3 is 12.4 Å². The van der Waals surface area contributed by atoms with E-state index in [0.717, 1.165) is 6.42 Å². The third kappa shape index (κ3) is 2.36. The van der Waals surface area contributed by atoms with Crippen LogP contribution in [0.15, 0.2) is 0 Å². The van der Waals surface area contributed by atoms with E-state index in [2.05, 4.69) is 0 Å². The molecule has 0 aliphatic heterocycles. The lowest BCUT2D eigenvalue weighted by molar-refractivity contribution is -0.275. The van der Waals surface area contributed by atoms with Crippen LogP contribution in [0.4, 0.5) is 26.3 Å². The summed E-state index contributed by atoms with van der Waals surface area (Å²) in [6, 6.07) is 0. The second kappa shape index (κ2) is 4.13. The van der Waals surface area contributed by atoms with Crippen LogP contribution in [0.2, 0.25) is 0 Å². The minimum absolute atomic E-state index is 0.131. The summed E-state index contributed by atoms with van der Waals surface area (Å²) >= 11 is 0. The van der Waals surface area contributed by atoms with E-state index in [1.165, 1.54) is 0 Å². The number of carbonyl (C=O) groups is 1. The molecular formula is C11H12F6O. The molecule has 0 heterocycles. The SMILES string of the molecule is O=C(C1CC2CCC1C2)C(C(F)(F)F)C(F)(F)F. The van der Waals surface area contributed by atoms with Crippen molar-refractivity contribution in [2.45, 2.75) is 38.0 Å². The number of rotatable bonds is 2. The lowest BCUT2D eigenvalue weighted by atomic mass is 9.80. The van der Waals surface area contributed by atoms with Gasteiger partial charge in [-0.2, -0.15) is 26.3 Å². The molecule has 7 heteroatoms. The zero-order valence-electron chi connectivity index (χ0n) is 9.31. The third-order valence-corrected chi connectivity index (χ3v) is 4.04. The predicted octanol–water partition coefficient (Wildman–Crippen LogP) is 3.73. The second-order valence-corrected chi connectivity index (χ2v) is 5.20. The Morgan fingerprint density at radius 2 is 1.50 bits per heavy atom. The lowest BCUT2D eigenvalue weighted by Crippen LogP contribution is -2.45. The first-order valence-corrected chi connectivity index (χ1v) is 5.78. The summed E-state index contributed by atoms with van der Waals surface area (Å²) in [6.45, 7) is 0. The van der Waals surface area contributed by atoms with Crippen molar-refractivity contribution in [3.63, 3.8) is 0 Å². The molecule has 1 nitrogen and oxygen atoms in total. The summed E-state index contributed by atoms with van der Waals surface area (Å²) in [7, 11) is 0. The van der Waals surface area contributed by atoms with Gasteiger partial charge < -0.3 is 0 Å². The summed E-state index contributed by atoms with van der Waals surface area (Å²) in [6.07, 6.45) is -8.92. The maximum Gasteiger partial charge on any atom is 0.407 e. The van der Waals surface area contributed by atoms with Gasteiger partial charge in [-0.25, -0.2) is 0 Å². The van der Waals surface area contributed by atoms with E-state index in [1.807, 2.05) is 0 Å². The Kier molecular flexibility index (Phi) is 3.14. The molecule has 0 N–H and O–H groups in total. The number of ketones is 1. The van der Waals surface area contributed by atoms with E-state index in [0.29, 0.717) is 12.8 Å². The van der Waals surface area contributed by atoms with Gasteiger partial charge in [0.15, 0.2) is 5.78 Å². The highest BCUT2D eigenvalue weighted by molar-refractivity contribution is 5.85.